The standard InChI is InChI=1S/C22H30BIO7S/c1-4-5-14(8-15-9-17(24)22(25)19(10-15)30-3)6-7-18-21-16(12-29-2)13-32(27,28)20(21)11-23(26)31-18/h8-10,18,20,25-26H,4-7,11-13H2,1-3H3/b14-8+/t18-,20+/m1/s1. The highest BCUT2D eigenvalue weighted by atomic mass is 127. The van der Waals surface area contributed by atoms with E-state index in [0.717, 1.165) is 29.6 Å². The Balaban J connectivity index is 1.85. The first-order valence-electron chi connectivity index (χ1n) is 10.7. The quantitative estimate of drug-likeness (QED) is 0.263. The number of rotatable bonds is 9. The highest BCUT2D eigenvalue weighted by Gasteiger charge is 2.48. The second-order valence-corrected chi connectivity index (χ2v) is 11.6. The molecule has 0 amide bonds. The Labute approximate surface area is 204 Å². The van der Waals surface area contributed by atoms with Crippen molar-refractivity contribution in [3.05, 3.63) is 38.0 Å². The molecular weight excluding hydrogens is 546 g/mol. The number of fused-ring (bicyclic) bond motifs is 1. The first-order chi connectivity index (χ1) is 15.2. The van der Waals surface area contributed by atoms with Crippen LogP contribution in [0.3, 0.4) is 0 Å². The van der Waals surface area contributed by atoms with Crippen molar-refractivity contribution < 1.29 is 32.7 Å². The fourth-order valence-corrected chi connectivity index (χ4v) is 7.28. The average molecular weight is 576 g/mol. The Hall–Kier alpha value is -1.08. The zero-order valence-corrected chi connectivity index (χ0v) is 21.6. The summed E-state index contributed by atoms with van der Waals surface area (Å²) in [5, 5.41) is 19.6. The van der Waals surface area contributed by atoms with Crippen LogP contribution in [0.25, 0.3) is 6.08 Å². The Kier molecular flexibility index (Phi) is 8.70. The van der Waals surface area contributed by atoms with E-state index in [1.165, 1.54) is 12.7 Å². The number of methoxy groups -OCH3 is 2. The summed E-state index contributed by atoms with van der Waals surface area (Å²) in [6, 6.07) is 3.69. The minimum absolute atomic E-state index is 0.0309. The van der Waals surface area contributed by atoms with Gasteiger partial charge in [-0.1, -0.05) is 25.0 Å². The number of benzene rings is 1. The molecule has 32 heavy (non-hydrogen) atoms. The molecule has 0 unspecified atom stereocenters. The molecule has 2 aliphatic rings. The second-order valence-electron chi connectivity index (χ2n) is 8.25. The van der Waals surface area contributed by atoms with Gasteiger partial charge in [0.1, 0.15) is 0 Å². The first-order valence-corrected chi connectivity index (χ1v) is 13.5. The molecular formula is C22H30BIO7S. The summed E-state index contributed by atoms with van der Waals surface area (Å²) in [4.78, 5) is 0. The van der Waals surface area contributed by atoms with E-state index in [2.05, 4.69) is 35.6 Å². The lowest BCUT2D eigenvalue weighted by molar-refractivity contribution is 0.166. The van der Waals surface area contributed by atoms with Gasteiger partial charge in [-0.25, -0.2) is 8.42 Å². The van der Waals surface area contributed by atoms with Crippen LogP contribution in [-0.4, -0.2) is 63.6 Å². The number of hydrogen-bond donors (Lipinski definition) is 2. The van der Waals surface area contributed by atoms with Gasteiger partial charge in [0.2, 0.25) is 0 Å². The zero-order valence-electron chi connectivity index (χ0n) is 18.6. The number of hydrogen-bond acceptors (Lipinski definition) is 7. The van der Waals surface area contributed by atoms with E-state index >= 15 is 0 Å². The molecule has 1 aromatic carbocycles. The highest BCUT2D eigenvalue weighted by molar-refractivity contribution is 14.1. The minimum atomic E-state index is -3.35. The van der Waals surface area contributed by atoms with Crippen LogP contribution in [0.2, 0.25) is 6.32 Å². The second kappa shape index (κ2) is 10.9. The monoisotopic (exact) mass is 576 g/mol. The summed E-state index contributed by atoms with van der Waals surface area (Å²) in [5.41, 5.74) is 3.64. The van der Waals surface area contributed by atoms with Gasteiger partial charge in [0, 0.05) is 13.4 Å². The summed E-state index contributed by atoms with van der Waals surface area (Å²) in [5.74, 6) is 0.515. The van der Waals surface area contributed by atoms with E-state index in [4.69, 9.17) is 14.1 Å². The number of aromatic hydroxyl groups is 1. The van der Waals surface area contributed by atoms with Crippen LogP contribution < -0.4 is 4.74 Å². The molecule has 176 valence electrons. The lowest BCUT2D eigenvalue weighted by atomic mass is 9.74. The Morgan fingerprint density at radius 2 is 2.09 bits per heavy atom. The van der Waals surface area contributed by atoms with E-state index in [-0.39, 0.29) is 24.4 Å². The number of phenols is 1. The summed E-state index contributed by atoms with van der Waals surface area (Å²) in [7, 11) is -1.36. The predicted octanol–water partition coefficient (Wildman–Crippen LogP) is 3.59. The van der Waals surface area contributed by atoms with E-state index in [1.54, 1.807) is 13.2 Å². The molecule has 0 saturated carbocycles. The van der Waals surface area contributed by atoms with Gasteiger partial charge in [-0.3, -0.25) is 0 Å². The molecule has 1 saturated heterocycles. The van der Waals surface area contributed by atoms with Crippen LogP contribution in [0.5, 0.6) is 11.5 Å². The summed E-state index contributed by atoms with van der Waals surface area (Å²) in [6.07, 6.45) is 4.80. The largest absolute Gasteiger partial charge is 0.504 e. The molecule has 0 aromatic heterocycles. The zero-order chi connectivity index (χ0) is 23.5. The molecule has 2 heterocycles. The van der Waals surface area contributed by atoms with Crippen LogP contribution in [-0.2, 0) is 19.2 Å². The number of halogens is 1. The molecule has 0 spiro atoms. The van der Waals surface area contributed by atoms with Gasteiger partial charge in [0.25, 0.3) is 0 Å². The van der Waals surface area contributed by atoms with Gasteiger partial charge in [-0.05, 0) is 70.7 Å². The minimum Gasteiger partial charge on any atom is -0.504 e. The van der Waals surface area contributed by atoms with E-state index < -0.39 is 28.3 Å². The predicted molar refractivity (Wildman–Crippen MR) is 134 cm³/mol. The van der Waals surface area contributed by atoms with Crippen LogP contribution >= 0.6 is 22.6 Å². The van der Waals surface area contributed by atoms with Gasteiger partial charge in [-0.2, -0.15) is 0 Å². The molecule has 0 bridgehead atoms. The molecule has 10 heteroatoms. The SMILES string of the molecule is CCC/C(=C\c1cc(I)c(O)c(OC)c1)CC[C@H]1OB(O)C[C@H]2C1=C(COC)CS2(=O)=O. The van der Waals surface area contributed by atoms with Gasteiger partial charge in [0.15, 0.2) is 21.3 Å². The van der Waals surface area contributed by atoms with Crippen LogP contribution in [0.4, 0.5) is 0 Å². The van der Waals surface area contributed by atoms with Crippen molar-refractivity contribution in [3.63, 3.8) is 0 Å². The lowest BCUT2D eigenvalue weighted by Crippen LogP contribution is -2.42. The molecule has 0 radical (unpaired) electrons. The molecule has 2 aliphatic heterocycles. The van der Waals surface area contributed by atoms with Crippen molar-refractivity contribution in [2.24, 2.45) is 0 Å². The van der Waals surface area contributed by atoms with Gasteiger partial charge >= 0.3 is 7.12 Å². The highest BCUT2D eigenvalue weighted by Crippen LogP contribution is 2.40. The van der Waals surface area contributed by atoms with E-state index in [9.17, 15) is 18.5 Å². The maximum Gasteiger partial charge on any atom is 0.456 e. The lowest BCUT2D eigenvalue weighted by Gasteiger charge is -2.32. The number of ether oxygens (including phenoxy) is 2. The smallest absolute Gasteiger partial charge is 0.456 e. The third kappa shape index (κ3) is 5.70. The summed E-state index contributed by atoms with van der Waals surface area (Å²) in [6.45, 7) is 2.36. The molecule has 1 fully saturated rings. The van der Waals surface area contributed by atoms with Crippen LogP contribution in [0.1, 0.15) is 38.2 Å². The van der Waals surface area contributed by atoms with Gasteiger partial charge < -0.3 is 24.3 Å². The first kappa shape index (κ1) is 25.5. The number of phenolic OH excluding ortho intramolecular Hbond substituents is 1. The third-order valence-corrected chi connectivity index (χ3v) is 8.79. The molecule has 2 N–H and O–H groups in total. The van der Waals surface area contributed by atoms with Crippen molar-refractivity contribution in [2.45, 2.75) is 50.3 Å². The Morgan fingerprint density at radius 3 is 2.75 bits per heavy atom. The number of sulfone groups is 1. The van der Waals surface area contributed by atoms with Crippen molar-refractivity contribution in [1.82, 2.24) is 0 Å². The van der Waals surface area contributed by atoms with E-state index in [0.29, 0.717) is 22.2 Å². The maximum absolute atomic E-state index is 12.7. The topological polar surface area (TPSA) is 102 Å². The normalized spacial score (nSPS) is 22.9. The summed E-state index contributed by atoms with van der Waals surface area (Å²) < 4.78 is 42.4. The van der Waals surface area contributed by atoms with Crippen molar-refractivity contribution in [1.29, 1.82) is 0 Å². The van der Waals surface area contributed by atoms with Gasteiger partial charge in [0.05, 0.1) is 34.4 Å². The molecule has 0 aliphatic carbocycles. The molecule has 1 aromatic rings. The molecule has 2 atom stereocenters. The average Bonchev–Trinajstić information content (AvgIpc) is 2.98. The summed E-state index contributed by atoms with van der Waals surface area (Å²) >= 11 is 2.07. The van der Waals surface area contributed by atoms with Gasteiger partial charge in [-0.15, -0.1) is 0 Å². The Bertz CT molecular complexity index is 1010. The van der Waals surface area contributed by atoms with Crippen LogP contribution in [0, 0.1) is 3.57 Å². The van der Waals surface area contributed by atoms with Crippen molar-refractivity contribution in [3.8, 4) is 11.5 Å². The fourth-order valence-electron chi connectivity index (χ4n) is 4.56. The Morgan fingerprint density at radius 1 is 1.34 bits per heavy atom. The molecule has 7 nitrogen and oxygen atoms in total. The van der Waals surface area contributed by atoms with Crippen molar-refractivity contribution in [2.75, 3.05) is 26.6 Å². The fraction of sp³-hybridized carbons (Fsp3) is 0.545. The third-order valence-electron chi connectivity index (χ3n) is 5.91. The van der Waals surface area contributed by atoms with Crippen LogP contribution in [0.15, 0.2) is 28.9 Å². The van der Waals surface area contributed by atoms with Crippen molar-refractivity contribution >= 4 is 45.6 Å². The van der Waals surface area contributed by atoms with E-state index in [1.807, 2.05) is 6.07 Å². The maximum atomic E-state index is 12.7. The molecule has 3 rings (SSSR count). The number of allylic oxidation sites excluding steroid dienone is 1.